The Morgan fingerprint density at radius 1 is 1.60 bits per heavy atom. The number of nitrogens with zero attached hydrogens (tertiary/aromatic N) is 2. The predicted octanol–water partition coefficient (Wildman–Crippen LogP) is 1.28. The molecule has 4 heteroatoms. The fourth-order valence-electron chi connectivity index (χ4n) is 1.65. The van der Waals surface area contributed by atoms with Crippen LogP contribution in [-0.2, 0) is 0 Å². The minimum Gasteiger partial charge on any atom is -0.388 e. The van der Waals surface area contributed by atoms with Crippen LogP contribution in [0.15, 0.2) is 18.3 Å². The second-order valence-corrected chi connectivity index (χ2v) is 3.94. The third-order valence-corrected chi connectivity index (χ3v) is 2.80. The van der Waals surface area contributed by atoms with Crippen LogP contribution in [0.25, 0.3) is 0 Å². The molecule has 1 heterocycles. The lowest BCUT2D eigenvalue weighted by Gasteiger charge is -2.36. The average molecular weight is 203 g/mol. The monoisotopic (exact) mass is 203 g/mol. The number of rotatable bonds is 3. The van der Waals surface area contributed by atoms with Gasteiger partial charge in [-0.15, -0.1) is 0 Å². The molecule has 2 rings (SSSR count). The molecule has 1 aromatic heterocycles. The fourth-order valence-corrected chi connectivity index (χ4v) is 1.65. The Kier molecular flexibility index (Phi) is 2.57. The van der Waals surface area contributed by atoms with Gasteiger partial charge in [0.25, 0.3) is 0 Å². The van der Waals surface area contributed by atoms with Crippen molar-refractivity contribution in [2.45, 2.75) is 24.9 Å². The van der Waals surface area contributed by atoms with E-state index in [1.807, 2.05) is 0 Å². The van der Waals surface area contributed by atoms with Gasteiger partial charge in [-0.05, 0) is 31.4 Å². The molecule has 1 fully saturated rings. The van der Waals surface area contributed by atoms with Crippen LogP contribution in [0, 0.1) is 11.3 Å². The number of aromatic nitrogens is 1. The molecule has 78 valence electrons. The van der Waals surface area contributed by atoms with E-state index in [0.29, 0.717) is 17.9 Å². The van der Waals surface area contributed by atoms with Crippen molar-refractivity contribution in [2.24, 2.45) is 0 Å². The van der Waals surface area contributed by atoms with Crippen molar-refractivity contribution in [3.63, 3.8) is 0 Å². The van der Waals surface area contributed by atoms with Crippen molar-refractivity contribution >= 4 is 5.82 Å². The average Bonchev–Trinajstić information content (AvgIpc) is 2.24. The summed E-state index contributed by atoms with van der Waals surface area (Å²) in [5.41, 5.74) is -0.0787. The van der Waals surface area contributed by atoms with E-state index in [9.17, 15) is 5.11 Å². The predicted molar refractivity (Wildman–Crippen MR) is 56.2 cm³/mol. The molecule has 0 radical (unpaired) electrons. The van der Waals surface area contributed by atoms with Crippen LogP contribution in [0.1, 0.15) is 24.8 Å². The Morgan fingerprint density at radius 3 is 3.00 bits per heavy atom. The van der Waals surface area contributed by atoms with Crippen molar-refractivity contribution in [2.75, 3.05) is 11.9 Å². The van der Waals surface area contributed by atoms with Crippen LogP contribution in [0.2, 0.25) is 0 Å². The molecule has 0 aliphatic heterocycles. The molecule has 0 bridgehead atoms. The van der Waals surface area contributed by atoms with Gasteiger partial charge in [0, 0.05) is 12.7 Å². The second kappa shape index (κ2) is 3.87. The van der Waals surface area contributed by atoms with E-state index in [4.69, 9.17) is 5.26 Å². The lowest BCUT2D eigenvalue weighted by Crippen LogP contribution is -2.43. The molecule has 1 aliphatic carbocycles. The SMILES string of the molecule is N#Cc1cccnc1NCC1(O)CCC1. The zero-order valence-corrected chi connectivity index (χ0v) is 8.40. The molecular weight excluding hydrogens is 190 g/mol. The largest absolute Gasteiger partial charge is 0.388 e. The van der Waals surface area contributed by atoms with Gasteiger partial charge in [0.15, 0.2) is 0 Å². The zero-order chi connectivity index (χ0) is 10.7. The Balaban J connectivity index is 2.02. The molecule has 1 saturated carbocycles. The van der Waals surface area contributed by atoms with Gasteiger partial charge in [-0.3, -0.25) is 0 Å². The van der Waals surface area contributed by atoms with Gasteiger partial charge in [0.05, 0.1) is 11.2 Å². The summed E-state index contributed by atoms with van der Waals surface area (Å²) in [4.78, 5) is 4.07. The number of pyridine rings is 1. The molecule has 2 N–H and O–H groups in total. The van der Waals surface area contributed by atoms with Gasteiger partial charge in [-0.1, -0.05) is 0 Å². The summed E-state index contributed by atoms with van der Waals surface area (Å²) in [7, 11) is 0. The molecule has 0 aromatic carbocycles. The Labute approximate surface area is 88.6 Å². The number of nitriles is 1. The van der Waals surface area contributed by atoms with Crippen LogP contribution in [0.3, 0.4) is 0 Å². The van der Waals surface area contributed by atoms with Crippen molar-refractivity contribution < 1.29 is 5.11 Å². The number of hydrogen-bond donors (Lipinski definition) is 2. The second-order valence-electron chi connectivity index (χ2n) is 3.94. The molecular formula is C11H13N3O. The van der Waals surface area contributed by atoms with Gasteiger partial charge < -0.3 is 10.4 Å². The minimum absolute atomic E-state index is 0.471. The summed E-state index contributed by atoms with van der Waals surface area (Å²) in [5, 5.41) is 21.7. The summed E-state index contributed by atoms with van der Waals surface area (Å²) in [6.45, 7) is 0.471. The summed E-state index contributed by atoms with van der Waals surface area (Å²) in [6, 6.07) is 5.49. The Morgan fingerprint density at radius 2 is 2.40 bits per heavy atom. The smallest absolute Gasteiger partial charge is 0.143 e. The zero-order valence-electron chi connectivity index (χ0n) is 8.40. The van der Waals surface area contributed by atoms with Gasteiger partial charge in [0.2, 0.25) is 0 Å². The first-order chi connectivity index (χ1) is 7.23. The first-order valence-electron chi connectivity index (χ1n) is 5.05. The number of nitrogens with one attached hydrogen (secondary N) is 1. The van der Waals surface area contributed by atoms with Gasteiger partial charge in [-0.2, -0.15) is 5.26 Å². The molecule has 0 amide bonds. The summed E-state index contributed by atoms with van der Waals surface area (Å²) < 4.78 is 0. The lowest BCUT2D eigenvalue weighted by molar-refractivity contribution is -0.0202. The molecule has 1 aromatic rings. The third-order valence-electron chi connectivity index (χ3n) is 2.80. The van der Waals surface area contributed by atoms with E-state index >= 15 is 0 Å². The Hall–Kier alpha value is -1.60. The minimum atomic E-state index is -0.593. The van der Waals surface area contributed by atoms with Crippen molar-refractivity contribution in [1.29, 1.82) is 5.26 Å². The molecule has 0 unspecified atom stereocenters. The van der Waals surface area contributed by atoms with Gasteiger partial charge >= 0.3 is 0 Å². The molecule has 0 saturated heterocycles. The standard InChI is InChI=1S/C11H13N3O/c12-7-9-3-1-6-13-10(9)14-8-11(15)4-2-5-11/h1,3,6,15H,2,4-5,8H2,(H,13,14). The van der Waals surface area contributed by atoms with Crippen LogP contribution >= 0.6 is 0 Å². The van der Waals surface area contributed by atoms with Crippen LogP contribution < -0.4 is 5.32 Å². The van der Waals surface area contributed by atoms with Crippen LogP contribution in [0.4, 0.5) is 5.82 Å². The van der Waals surface area contributed by atoms with Crippen molar-refractivity contribution in [1.82, 2.24) is 4.98 Å². The van der Waals surface area contributed by atoms with E-state index in [1.165, 1.54) is 0 Å². The van der Waals surface area contributed by atoms with Gasteiger partial charge in [-0.25, -0.2) is 4.98 Å². The quantitative estimate of drug-likeness (QED) is 0.776. The first-order valence-corrected chi connectivity index (χ1v) is 5.05. The highest BCUT2D eigenvalue weighted by atomic mass is 16.3. The van der Waals surface area contributed by atoms with E-state index < -0.39 is 5.60 Å². The fraction of sp³-hybridized carbons (Fsp3) is 0.455. The maximum atomic E-state index is 9.86. The molecule has 1 aliphatic rings. The highest BCUT2D eigenvalue weighted by Crippen LogP contribution is 2.31. The molecule has 15 heavy (non-hydrogen) atoms. The number of hydrogen-bond acceptors (Lipinski definition) is 4. The van der Waals surface area contributed by atoms with Crippen LogP contribution in [-0.4, -0.2) is 22.2 Å². The number of aliphatic hydroxyl groups is 1. The highest BCUT2D eigenvalue weighted by molar-refractivity contribution is 5.51. The van der Waals surface area contributed by atoms with E-state index in [0.717, 1.165) is 19.3 Å². The highest BCUT2D eigenvalue weighted by Gasteiger charge is 2.34. The van der Waals surface area contributed by atoms with Gasteiger partial charge in [0.1, 0.15) is 11.9 Å². The first kappa shape index (κ1) is 9.94. The van der Waals surface area contributed by atoms with E-state index in [-0.39, 0.29) is 0 Å². The normalized spacial score (nSPS) is 17.6. The molecule has 0 spiro atoms. The molecule has 4 nitrogen and oxygen atoms in total. The van der Waals surface area contributed by atoms with Crippen LogP contribution in [0.5, 0.6) is 0 Å². The van der Waals surface area contributed by atoms with Crippen molar-refractivity contribution in [3.8, 4) is 6.07 Å². The summed E-state index contributed by atoms with van der Waals surface area (Å²) in [5.74, 6) is 0.556. The van der Waals surface area contributed by atoms with Crippen molar-refractivity contribution in [3.05, 3.63) is 23.9 Å². The maximum absolute atomic E-state index is 9.86. The van der Waals surface area contributed by atoms with E-state index in [1.54, 1.807) is 18.3 Å². The maximum Gasteiger partial charge on any atom is 0.143 e. The topological polar surface area (TPSA) is 68.9 Å². The number of anilines is 1. The molecule has 0 atom stereocenters. The summed E-state index contributed by atoms with van der Waals surface area (Å²) in [6.07, 6.45) is 4.36. The summed E-state index contributed by atoms with van der Waals surface area (Å²) >= 11 is 0. The van der Waals surface area contributed by atoms with E-state index in [2.05, 4.69) is 16.4 Å². The lowest BCUT2D eigenvalue weighted by atomic mass is 9.80. The third kappa shape index (κ3) is 2.08. The Bertz CT molecular complexity index is 393.